The molecule has 0 spiro atoms. The molecule has 0 amide bonds. The molecule has 0 fully saturated rings. The van der Waals surface area contributed by atoms with Gasteiger partial charge in [0.15, 0.2) is 0 Å². The first-order valence-corrected chi connectivity index (χ1v) is 15.5. The molecule has 216 valence electrons. The third-order valence-electron chi connectivity index (χ3n) is 5.89. The summed E-state index contributed by atoms with van der Waals surface area (Å²) in [6.45, 7) is 24.0. The van der Waals surface area contributed by atoms with Crippen molar-refractivity contribution in [3.63, 3.8) is 0 Å². The fraction of sp³-hybridized carbons (Fsp3) is 0.485. The van der Waals surface area contributed by atoms with Crippen LogP contribution in [0, 0.1) is 0 Å². The predicted molar refractivity (Wildman–Crippen MR) is 167 cm³/mol. The molecule has 0 aliphatic carbocycles. The van der Waals surface area contributed by atoms with Crippen LogP contribution in [-0.2, 0) is 31.5 Å². The summed E-state index contributed by atoms with van der Waals surface area (Å²) in [6, 6.07) is 14.3. The number of benzene rings is 2. The normalized spacial score (nSPS) is 13.6. The van der Waals surface area contributed by atoms with Crippen LogP contribution in [0.1, 0.15) is 98.4 Å². The van der Waals surface area contributed by atoms with Crippen LogP contribution in [0.15, 0.2) is 60.7 Å². The van der Waals surface area contributed by atoms with Crippen LogP contribution >= 0.6 is 0 Å². The Morgan fingerprint density at radius 3 is 1.95 bits per heavy atom. The Morgan fingerprint density at radius 1 is 0.825 bits per heavy atom. The molecular weight excluding hydrogens is 533 g/mol. The first-order chi connectivity index (χ1) is 18.3. The van der Waals surface area contributed by atoms with Crippen LogP contribution in [0.5, 0.6) is 5.75 Å². The van der Waals surface area contributed by atoms with E-state index >= 15 is 0 Å². The molecule has 2 aromatic rings. The summed E-state index contributed by atoms with van der Waals surface area (Å²) >= 11 is 0. The maximum absolute atomic E-state index is 10.8. The lowest BCUT2D eigenvalue weighted by Crippen LogP contribution is -2.34. The van der Waals surface area contributed by atoms with Gasteiger partial charge in [0.2, 0.25) is 19.5 Å². The second kappa shape index (κ2) is 13.5. The van der Waals surface area contributed by atoms with Gasteiger partial charge < -0.3 is 18.7 Å². The number of carboxylic acid groups (broad SMARTS) is 1. The number of carboxylic acids is 1. The minimum atomic E-state index is -0.964. The number of hydrogen-bond acceptors (Lipinski definition) is 4. The van der Waals surface area contributed by atoms with Gasteiger partial charge >= 0.3 is 5.97 Å². The smallest absolute Gasteiger partial charge is 0.328 e. The van der Waals surface area contributed by atoms with E-state index in [1.165, 1.54) is 0 Å². The van der Waals surface area contributed by atoms with Crippen molar-refractivity contribution in [2.24, 2.45) is 0 Å². The quantitative estimate of drug-likeness (QED) is 0.155. The average Bonchev–Trinajstić information content (AvgIpc) is 2.84. The zero-order chi connectivity index (χ0) is 30.4. The second-order valence-electron chi connectivity index (χ2n) is 13.2. The molecule has 1 N–H and O–H groups in total. The van der Waals surface area contributed by atoms with Gasteiger partial charge in [-0.25, -0.2) is 4.79 Å². The first kappa shape index (κ1) is 33.7. The Morgan fingerprint density at radius 2 is 1.40 bits per heavy atom. The van der Waals surface area contributed by atoms with Crippen LogP contribution in [-0.4, -0.2) is 30.6 Å². The SMILES string of the molecule is CC(=CC=CC(=O)O)c1cccc(COc2ccc(C(C)(C)O[Si]C(C)(C)C)c(C(C)(C)O[Si]C(C)(C)C)c2)c1. The van der Waals surface area contributed by atoms with Crippen LogP contribution in [0.25, 0.3) is 5.57 Å². The summed E-state index contributed by atoms with van der Waals surface area (Å²) in [6.07, 6.45) is 4.46. The molecule has 0 atom stereocenters. The molecular formula is C33H46O5Si2. The van der Waals surface area contributed by atoms with Gasteiger partial charge in [0.25, 0.3) is 0 Å². The number of hydrogen-bond donors (Lipinski definition) is 1. The highest BCUT2D eigenvalue weighted by Gasteiger charge is 2.34. The minimum absolute atomic E-state index is 0.0617. The molecule has 0 heterocycles. The van der Waals surface area contributed by atoms with Crippen molar-refractivity contribution >= 4 is 31.1 Å². The predicted octanol–water partition coefficient (Wildman–Crippen LogP) is 8.49. The standard InChI is InChI=1S/C33H46O5Si2/c1-23(14-12-17-29(34)35)25-16-13-15-24(20-25)22-36-26-18-19-27(32(8,9)37-39-30(2,3)4)28(21-26)33(10,11)38-40-31(5,6)7/h12-21H,22H2,1-11H3,(H,34,35). The fourth-order valence-corrected chi connectivity index (χ4v) is 5.09. The lowest BCUT2D eigenvalue weighted by Gasteiger charge is -2.37. The Bertz CT molecular complexity index is 1210. The number of carbonyl (C=O) groups is 1. The summed E-state index contributed by atoms with van der Waals surface area (Å²) in [4.78, 5) is 10.8. The number of rotatable bonds is 12. The number of allylic oxidation sites excluding steroid dienone is 3. The van der Waals surface area contributed by atoms with Crippen LogP contribution in [0.2, 0.25) is 10.1 Å². The van der Waals surface area contributed by atoms with Gasteiger partial charge in [-0.05, 0) is 90.7 Å². The Labute approximate surface area is 246 Å². The van der Waals surface area contributed by atoms with Crippen LogP contribution in [0.4, 0.5) is 0 Å². The van der Waals surface area contributed by atoms with E-state index in [0.29, 0.717) is 26.1 Å². The van der Waals surface area contributed by atoms with E-state index in [4.69, 9.17) is 18.7 Å². The maximum atomic E-state index is 10.8. The van der Waals surface area contributed by atoms with Gasteiger partial charge in [0.1, 0.15) is 12.4 Å². The summed E-state index contributed by atoms with van der Waals surface area (Å²) < 4.78 is 19.3. The molecule has 0 bridgehead atoms. The Balaban J connectivity index is 2.37. The molecule has 2 rings (SSSR count). The molecule has 2 aromatic carbocycles. The van der Waals surface area contributed by atoms with E-state index in [2.05, 4.69) is 87.4 Å². The molecule has 0 saturated carbocycles. The Hall–Kier alpha value is -2.46. The molecule has 0 saturated heterocycles. The van der Waals surface area contributed by atoms with Crippen LogP contribution in [0.3, 0.4) is 0 Å². The topological polar surface area (TPSA) is 65.0 Å². The highest BCUT2D eigenvalue weighted by Crippen LogP contribution is 2.40. The van der Waals surface area contributed by atoms with Crippen molar-refractivity contribution in [1.29, 1.82) is 0 Å². The zero-order valence-corrected chi connectivity index (χ0v) is 28.1. The summed E-state index contributed by atoms with van der Waals surface area (Å²) in [5.41, 5.74) is 4.12. The van der Waals surface area contributed by atoms with Gasteiger partial charge in [0.05, 0.1) is 11.2 Å². The van der Waals surface area contributed by atoms with Gasteiger partial charge in [0, 0.05) is 6.08 Å². The summed E-state index contributed by atoms with van der Waals surface area (Å²) in [5, 5.41) is 8.97. The minimum Gasteiger partial charge on any atom is -0.489 e. The highest BCUT2D eigenvalue weighted by molar-refractivity contribution is 6.32. The molecule has 40 heavy (non-hydrogen) atoms. The van der Waals surface area contributed by atoms with Crippen molar-refractivity contribution in [1.82, 2.24) is 0 Å². The molecule has 5 nitrogen and oxygen atoms in total. The highest BCUT2D eigenvalue weighted by atomic mass is 28.2. The fourth-order valence-electron chi connectivity index (χ4n) is 3.75. The van der Waals surface area contributed by atoms with E-state index in [9.17, 15) is 4.79 Å². The number of ether oxygens (including phenoxy) is 1. The molecule has 7 heteroatoms. The lowest BCUT2D eigenvalue weighted by atomic mass is 9.85. The van der Waals surface area contributed by atoms with Crippen molar-refractivity contribution < 1.29 is 23.5 Å². The third kappa shape index (κ3) is 11.2. The van der Waals surface area contributed by atoms with Gasteiger partial charge in [-0.2, -0.15) is 0 Å². The van der Waals surface area contributed by atoms with Crippen molar-refractivity contribution in [3.8, 4) is 5.75 Å². The summed E-state index contributed by atoms with van der Waals surface area (Å²) in [7, 11) is 0.692. The Kier molecular flexibility index (Phi) is 11.4. The van der Waals surface area contributed by atoms with Crippen molar-refractivity contribution in [2.45, 2.75) is 104 Å². The van der Waals surface area contributed by atoms with Crippen molar-refractivity contribution in [3.05, 3.63) is 82.9 Å². The molecule has 0 unspecified atom stereocenters. The molecule has 0 aliphatic rings. The number of aliphatic carboxylic acids is 1. The zero-order valence-electron chi connectivity index (χ0n) is 26.1. The second-order valence-corrected chi connectivity index (χ2v) is 17.0. The monoisotopic (exact) mass is 578 g/mol. The molecule has 0 aromatic heterocycles. The largest absolute Gasteiger partial charge is 0.489 e. The lowest BCUT2D eigenvalue weighted by molar-refractivity contribution is -0.131. The molecule has 0 aliphatic heterocycles. The molecule has 4 radical (unpaired) electrons. The van der Waals surface area contributed by atoms with Gasteiger partial charge in [-0.15, -0.1) is 0 Å². The first-order valence-electron chi connectivity index (χ1n) is 13.6. The van der Waals surface area contributed by atoms with E-state index in [1.807, 2.05) is 31.2 Å². The van der Waals surface area contributed by atoms with Gasteiger partial charge in [-0.3, -0.25) is 0 Å². The van der Waals surface area contributed by atoms with Crippen molar-refractivity contribution in [2.75, 3.05) is 0 Å². The van der Waals surface area contributed by atoms with Crippen LogP contribution < -0.4 is 4.74 Å². The van der Waals surface area contributed by atoms with E-state index in [0.717, 1.165) is 39.7 Å². The summed E-state index contributed by atoms with van der Waals surface area (Å²) in [5.74, 6) is -0.195. The van der Waals surface area contributed by atoms with E-state index < -0.39 is 17.2 Å². The third-order valence-corrected chi connectivity index (χ3v) is 8.34. The average molecular weight is 579 g/mol. The van der Waals surface area contributed by atoms with E-state index in [-0.39, 0.29) is 10.1 Å². The maximum Gasteiger partial charge on any atom is 0.328 e. The van der Waals surface area contributed by atoms with E-state index in [1.54, 1.807) is 12.2 Å². The van der Waals surface area contributed by atoms with Gasteiger partial charge in [-0.1, -0.05) is 78.0 Å².